The Labute approximate surface area is 155 Å². The molecule has 2 rings (SSSR count). The van der Waals surface area contributed by atoms with E-state index in [1.165, 1.54) is 24.3 Å². The van der Waals surface area contributed by atoms with E-state index in [9.17, 15) is 18.6 Å². The van der Waals surface area contributed by atoms with Crippen LogP contribution < -0.4 is 5.32 Å². The van der Waals surface area contributed by atoms with Gasteiger partial charge in [-0.15, -0.1) is 0 Å². The molecule has 0 fully saturated rings. The summed E-state index contributed by atoms with van der Waals surface area (Å²) >= 11 is 0. The first kappa shape index (κ1) is 20.1. The molecule has 0 saturated heterocycles. The van der Waals surface area contributed by atoms with Gasteiger partial charge in [0, 0.05) is 0 Å². The Morgan fingerprint density at radius 3 is 2.12 bits per heavy atom. The molecule has 0 heterocycles. The lowest BCUT2D eigenvalue weighted by molar-refractivity contribution is 0.463. The van der Waals surface area contributed by atoms with Crippen molar-refractivity contribution in [1.82, 2.24) is 0 Å². The molecule has 0 aliphatic rings. The van der Waals surface area contributed by atoms with E-state index in [1.54, 1.807) is 6.07 Å². The fraction of sp³-hybridized carbons (Fsp3) is 0.400. The Hall–Kier alpha value is -2.21. The van der Waals surface area contributed by atoms with E-state index in [4.69, 9.17) is 0 Å². The van der Waals surface area contributed by atoms with E-state index in [0.717, 1.165) is 5.56 Å². The van der Waals surface area contributed by atoms with Crippen LogP contribution >= 0.6 is 0 Å². The number of aromatic hydroxyl groups is 2. The van der Waals surface area contributed by atoms with Crippen molar-refractivity contribution in [1.29, 1.82) is 0 Å². The third kappa shape index (κ3) is 4.49. The van der Waals surface area contributed by atoms with Crippen LogP contribution in [0.5, 0.6) is 11.5 Å². The Balaban J connectivity index is 2.39. The van der Waals surface area contributed by atoms with Crippen LogP contribution in [0.25, 0.3) is 0 Å². The molecule has 0 spiro atoms. The molecule has 0 aliphatic carbocycles. The highest BCUT2D eigenvalue weighted by atomic mass is 32.2. The summed E-state index contributed by atoms with van der Waals surface area (Å²) in [5.41, 5.74) is 1.19. The highest BCUT2D eigenvalue weighted by Crippen LogP contribution is 2.32. The monoisotopic (exact) mass is 377 g/mol. The molecule has 142 valence electrons. The number of benzene rings is 2. The molecule has 26 heavy (non-hydrogen) atoms. The van der Waals surface area contributed by atoms with Gasteiger partial charge in [-0.1, -0.05) is 39.8 Å². The maximum absolute atomic E-state index is 13.0. The van der Waals surface area contributed by atoms with E-state index >= 15 is 0 Å². The normalized spacial score (nSPS) is 13.2. The van der Waals surface area contributed by atoms with Gasteiger partial charge in [-0.2, -0.15) is 0 Å². The molecule has 1 atom stereocenters. The zero-order valence-corrected chi connectivity index (χ0v) is 16.4. The summed E-state index contributed by atoms with van der Waals surface area (Å²) in [5, 5.41) is 22.1. The van der Waals surface area contributed by atoms with Crippen LogP contribution in [0.2, 0.25) is 0 Å². The summed E-state index contributed by atoms with van der Waals surface area (Å²) in [7, 11) is -3.70. The van der Waals surface area contributed by atoms with Gasteiger partial charge in [-0.3, -0.25) is 0 Å². The molecule has 0 aromatic heterocycles. The number of nitrogens with one attached hydrogen (secondary N) is 1. The third-order valence-electron chi connectivity index (χ3n) is 4.15. The standard InChI is InChI=1S/C20H27NO4S/c1-13(2)12-15-6-5-7-18(19(15)23)21-20(14(3)4)26(24,25)17-10-8-16(22)9-11-17/h5-11,13-14,20-23H,12H2,1-4H3/t20-/m0/s1. The quantitative estimate of drug-likeness (QED) is 0.631. The molecule has 0 amide bonds. The van der Waals surface area contributed by atoms with Crippen LogP contribution in [-0.2, 0) is 16.3 Å². The lowest BCUT2D eigenvalue weighted by Gasteiger charge is -2.25. The number of phenolic OH excluding ortho intramolecular Hbond substituents is 2. The van der Waals surface area contributed by atoms with Crippen molar-refractivity contribution in [3.8, 4) is 11.5 Å². The van der Waals surface area contributed by atoms with E-state index in [-0.39, 0.29) is 22.3 Å². The van der Waals surface area contributed by atoms with Crippen molar-refractivity contribution in [2.24, 2.45) is 11.8 Å². The molecule has 2 aromatic carbocycles. The minimum Gasteiger partial charge on any atom is -0.508 e. The van der Waals surface area contributed by atoms with Crippen molar-refractivity contribution in [2.45, 2.75) is 44.4 Å². The van der Waals surface area contributed by atoms with Gasteiger partial charge in [-0.05, 0) is 54.2 Å². The van der Waals surface area contributed by atoms with E-state index in [0.29, 0.717) is 18.0 Å². The summed E-state index contributed by atoms with van der Waals surface area (Å²) < 4.78 is 26.1. The van der Waals surface area contributed by atoms with Gasteiger partial charge in [0.2, 0.25) is 0 Å². The maximum Gasteiger partial charge on any atom is 0.199 e. The first-order chi connectivity index (χ1) is 12.1. The van der Waals surface area contributed by atoms with E-state index in [1.807, 2.05) is 26.0 Å². The molecule has 5 nitrogen and oxygen atoms in total. The molecular weight excluding hydrogens is 350 g/mol. The summed E-state index contributed by atoms with van der Waals surface area (Å²) in [6.07, 6.45) is 0.707. The lowest BCUT2D eigenvalue weighted by atomic mass is 10.0. The number of para-hydroxylation sites is 1. The number of anilines is 1. The van der Waals surface area contributed by atoms with E-state index in [2.05, 4.69) is 19.2 Å². The van der Waals surface area contributed by atoms with Gasteiger partial charge in [0.25, 0.3) is 0 Å². The van der Waals surface area contributed by atoms with Gasteiger partial charge in [-0.25, -0.2) is 8.42 Å². The topological polar surface area (TPSA) is 86.6 Å². The van der Waals surface area contributed by atoms with Gasteiger partial charge in [0.1, 0.15) is 16.9 Å². The zero-order chi connectivity index (χ0) is 19.5. The Kier molecular flexibility index (Phi) is 6.18. The molecular formula is C20H27NO4S. The van der Waals surface area contributed by atoms with Crippen LogP contribution in [-0.4, -0.2) is 24.0 Å². The first-order valence-electron chi connectivity index (χ1n) is 8.73. The average molecular weight is 378 g/mol. The predicted octanol–water partition coefficient (Wildman–Crippen LogP) is 4.16. The van der Waals surface area contributed by atoms with Crippen molar-refractivity contribution in [3.63, 3.8) is 0 Å². The summed E-state index contributed by atoms with van der Waals surface area (Å²) in [4.78, 5) is 0.124. The highest BCUT2D eigenvalue weighted by molar-refractivity contribution is 7.92. The van der Waals surface area contributed by atoms with Gasteiger partial charge >= 0.3 is 0 Å². The second kappa shape index (κ2) is 7.99. The van der Waals surface area contributed by atoms with Crippen LogP contribution in [0, 0.1) is 11.8 Å². The summed E-state index contributed by atoms with van der Waals surface area (Å²) in [6.45, 7) is 7.74. The first-order valence-corrected chi connectivity index (χ1v) is 10.3. The average Bonchev–Trinajstić information content (AvgIpc) is 2.55. The SMILES string of the molecule is CC(C)Cc1cccc(N[C@H](C(C)C)S(=O)(=O)c2ccc(O)cc2)c1O. The third-order valence-corrected chi connectivity index (χ3v) is 6.41. The highest BCUT2D eigenvalue weighted by Gasteiger charge is 2.31. The predicted molar refractivity (Wildman–Crippen MR) is 104 cm³/mol. The van der Waals surface area contributed by atoms with Gasteiger partial charge < -0.3 is 15.5 Å². The fourth-order valence-electron chi connectivity index (χ4n) is 2.85. The molecule has 3 N–H and O–H groups in total. The Morgan fingerprint density at radius 1 is 0.962 bits per heavy atom. The van der Waals surface area contributed by atoms with E-state index < -0.39 is 15.2 Å². The van der Waals surface area contributed by atoms with Crippen LogP contribution in [0.3, 0.4) is 0 Å². The summed E-state index contributed by atoms with van der Waals surface area (Å²) in [6, 6.07) is 10.8. The Morgan fingerprint density at radius 2 is 1.58 bits per heavy atom. The van der Waals surface area contributed by atoms with Crippen LogP contribution in [0.15, 0.2) is 47.4 Å². The van der Waals surface area contributed by atoms with Gasteiger partial charge in [0.15, 0.2) is 9.84 Å². The van der Waals surface area contributed by atoms with Crippen molar-refractivity contribution in [2.75, 3.05) is 5.32 Å². The number of phenols is 2. The van der Waals surface area contributed by atoms with Crippen molar-refractivity contribution < 1.29 is 18.6 Å². The van der Waals surface area contributed by atoms with Crippen molar-refractivity contribution in [3.05, 3.63) is 48.0 Å². The summed E-state index contributed by atoms with van der Waals surface area (Å²) in [5.74, 6) is 0.240. The minimum atomic E-state index is -3.70. The molecule has 0 radical (unpaired) electrons. The fourth-order valence-corrected chi connectivity index (χ4v) is 4.66. The van der Waals surface area contributed by atoms with Gasteiger partial charge in [0.05, 0.1) is 10.6 Å². The number of sulfone groups is 1. The zero-order valence-electron chi connectivity index (χ0n) is 15.6. The minimum absolute atomic E-state index is 0.0111. The lowest BCUT2D eigenvalue weighted by Crippen LogP contribution is -2.34. The molecule has 0 bridgehead atoms. The molecule has 0 unspecified atom stereocenters. The smallest absolute Gasteiger partial charge is 0.199 e. The number of hydrogen-bond donors (Lipinski definition) is 3. The maximum atomic E-state index is 13.0. The van der Waals surface area contributed by atoms with Crippen LogP contribution in [0.1, 0.15) is 33.3 Å². The Bertz CT molecular complexity index is 843. The number of hydrogen-bond acceptors (Lipinski definition) is 5. The van der Waals surface area contributed by atoms with Crippen molar-refractivity contribution >= 4 is 15.5 Å². The van der Waals surface area contributed by atoms with Crippen LogP contribution in [0.4, 0.5) is 5.69 Å². The molecule has 2 aromatic rings. The molecule has 6 heteroatoms. The second-order valence-corrected chi connectivity index (χ2v) is 9.33. The largest absolute Gasteiger partial charge is 0.508 e. The molecule has 0 saturated carbocycles. The molecule has 0 aliphatic heterocycles. The number of rotatable bonds is 7. The second-order valence-electron chi connectivity index (χ2n) is 7.26.